The van der Waals surface area contributed by atoms with Gasteiger partial charge in [0.25, 0.3) is 0 Å². The van der Waals surface area contributed by atoms with Crippen LogP contribution in [0.2, 0.25) is 0 Å². The van der Waals surface area contributed by atoms with Gasteiger partial charge in [0.05, 0.1) is 5.01 Å². The van der Waals surface area contributed by atoms with Crippen molar-refractivity contribution in [2.24, 2.45) is 11.8 Å². The molecule has 1 aliphatic carbocycles. The minimum atomic E-state index is 0.309. The molecule has 0 bridgehead atoms. The quantitative estimate of drug-likeness (QED) is 0.651. The zero-order valence-corrected chi connectivity index (χ0v) is 11.0. The summed E-state index contributed by atoms with van der Waals surface area (Å²) in [6.45, 7) is 0. The molecule has 94 valence electrons. The van der Waals surface area contributed by atoms with Crippen LogP contribution in [-0.4, -0.2) is 11.0 Å². The molecule has 1 aromatic carbocycles. The molecule has 1 aromatic heterocycles. The summed E-state index contributed by atoms with van der Waals surface area (Å²) < 4.78 is 0. The Morgan fingerprint density at radius 1 is 1.33 bits per heavy atom. The Hall–Kier alpha value is -1.23. The van der Waals surface area contributed by atoms with E-state index in [-0.39, 0.29) is 0 Å². The number of nitrogens with two attached hydrogens (primary N) is 1. The molecular formula is C14H17N3S. The van der Waals surface area contributed by atoms with Crippen molar-refractivity contribution in [2.75, 3.05) is 0 Å². The summed E-state index contributed by atoms with van der Waals surface area (Å²) in [6.07, 6.45) is 5.02. The number of aromatic nitrogens is 1. The summed E-state index contributed by atoms with van der Waals surface area (Å²) in [6, 6.07) is 9.00. The number of fused-ring (bicyclic) bond motifs is 1. The smallest absolute Gasteiger partial charge is 0.0940 e. The van der Waals surface area contributed by atoms with Gasteiger partial charge in [0.1, 0.15) is 0 Å². The lowest BCUT2D eigenvalue weighted by Crippen LogP contribution is -2.42. The van der Waals surface area contributed by atoms with Gasteiger partial charge >= 0.3 is 0 Å². The van der Waals surface area contributed by atoms with Gasteiger partial charge in [-0.15, -0.1) is 11.3 Å². The second kappa shape index (κ2) is 5.18. The lowest BCUT2D eigenvalue weighted by molar-refractivity contribution is 0.366. The van der Waals surface area contributed by atoms with Crippen molar-refractivity contribution in [3.63, 3.8) is 0 Å². The summed E-state index contributed by atoms with van der Waals surface area (Å²) >= 11 is 1.70. The van der Waals surface area contributed by atoms with Crippen LogP contribution in [0.1, 0.15) is 16.1 Å². The maximum absolute atomic E-state index is 5.73. The third-order valence-electron chi connectivity index (χ3n) is 3.74. The third-order valence-corrected chi connectivity index (χ3v) is 4.55. The van der Waals surface area contributed by atoms with E-state index >= 15 is 0 Å². The monoisotopic (exact) mass is 259 g/mol. The van der Waals surface area contributed by atoms with E-state index in [0.717, 1.165) is 24.3 Å². The Balaban J connectivity index is 1.71. The Labute approximate surface area is 111 Å². The van der Waals surface area contributed by atoms with Gasteiger partial charge in [-0.25, -0.2) is 4.98 Å². The number of rotatable bonds is 4. The average molecular weight is 259 g/mol. The Morgan fingerprint density at radius 2 is 2.06 bits per heavy atom. The molecule has 1 heterocycles. The molecule has 3 rings (SSSR count). The van der Waals surface area contributed by atoms with Gasteiger partial charge < -0.3 is 0 Å². The van der Waals surface area contributed by atoms with Gasteiger partial charge in [0.15, 0.2) is 0 Å². The summed E-state index contributed by atoms with van der Waals surface area (Å²) in [5, 5.41) is 3.18. The van der Waals surface area contributed by atoms with Crippen LogP contribution in [0, 0.1) is 5.92 Å². The molecule has 3 nitrogen and oxygen atoms in total. The second-order valence-corrected chi connectivity index (χ2v) is 5.82. The molecule has 0 amide bonds. The van der Waals surface area contributed by atoms with Crippen molar-refractivity contribution in [3.05, 3.63) is 52.0 Å². The van der Waals surface area contributed by atoms with E-state index in [1.165, 1.54) is 11.1 Å². The molecule has 1 atom stereocenters. The minimum Gasteiger partial charge on any atom is -0.271 e. The Kier molecular flexibility index (Phi) is 3.41. The zero-order chi connectivity index (χ0) is 12.4. The average Bonchev–Trinajstić information content (AvgIpc) is 3.04. The SMILES string of the molecule is NNC(Cc1nccs1)C1Cc2ccccc2C1. The van der Waals surface area contributed by atoms with Gasteiger partial charge in [-0.1, -0.05) is 24.3 Å². The van der Waals surface area contributed by atoms with Gasteiger partial charge in [0, 0.05) is 24.0 Å². The lowest BCUT2D eigenvalue weighted by atomic mass is 9.95. The molecule has 0 aliphatic heterocycles. The first-order chi connectivity index (χ1) is 8.86. The van der Waals surface area contributed by atoms with E-state index in [1.807, 2.05) is 11.6 Å². The van der Waals surface area contributed by atoms with Crippen LogP contribution in [-0.2, 0) is 19.3 Å². The minimum absolute atomic E-state index is 0.309. The first kappa shape index (κ1) is 11.8. The van der Waals surface area contributed by atoms with Crippen molar-refractivity contribution >= 4 is 11.3 Å². The third kappa shape index (κ3) is 2.32. The number of hydrogen-bond donors (Lipinski definition) is 2. The Morgan fingerprint density at radius 3 is 2.61 bits per heavy atom. The van der Waals surface area contributed by atoms with Crippen molar-refractivity contribution in [1.29, 1.82) is 0 Å². The molecule has 1 unspecified atom stereocenters. The molecule has 0 spiro atoms. The highest BCUT2D eigenvalue weighted by Gasteiger charge is 2.28. The van der Waals surface area contributed by atoms with E-state index < -0.39 is 0 Å². The molecule has 4 heteroatoms. The van der Waals surface area contributed by atoms with Crippen molar-refractivity contribution < 1.29 is 0 Å². The van der Waals surface area contributed by atoms with E-state index in [9.17, 15) is 0 Å². The van der Waals surface area contributed by atoms with Crippen LogP contribution in [0.5, 0.6) is 0 Å². The first-order valence-corrected chi connectivity index (χ1v) is 7.16. The number of thiazole rings is 1. The van der Waals surface area contributed by atoms with Crippen molar-refractivity contribution in [2.45, 2.75) is 25.3 Å². The number of nitrogens with zero attached hydrogens (tertiary/aromatic N) is 1. The molecule has 0 saturated carbocycles. The number of nitrogens with one attached hydrogen (secondary N) is 1. The normalized spacial score (nSPS) is 16.7. The van der Waals surface area contributed by atoms with E-state index in [0.29, 0.717) is 12.0 Å². The lowest BCUT2D eigenvalue weighted by Gasteiger charge is -2.21. The first-order valence-electron chi connectivity index (χ1n) is 6.28. The number of hydrogen-bond acceptors (Lipinski definition) is 4. The molecule has 3 N–H and O–H groups in total. The standard InChI is InChI=1S/C14H17N3S/c15-17-13(9-14-16-5-6-18-14)12-7-10-3-1-2-4-11(10)8-12/h1-6,12-13,17H,7-9,15H2. The fraction of sp³-hybridized carbons (Fsp3) is 0.357. The Bertz CT molecular complexity index is 482. The zero-order valence-electron chi connectivity index (χ0n) is 10.2. The maximum atomic E-state index is 5.73. The highest BCUT2D eigenvalue weighted by molar-refractivity contribution is 7.09. The van der Waals surface area contributed by atoms with Gasteiger partial charge in [-0.3, -0.25) is 11.3 Å². The predicted molar refractivity (Wildman–Crippen MR) is 74.3 cm³/mol. The number of benzene rings is 1. The second-order valence-electron chi connectivity index (χ2n) is 4.84. The van der Waals surface area contributed by atoms with Crippen LogP contribution >= 0.6 is 11.3 Å². The van der Waals surface area contributed by atoms with Crippen LogP contribution < -0.4 is 11.3 Å². The van der Waals surface area contributed by atoms with Gasteiger partial charge in [0.2, 0.25) is 0 Å². The van der Waals surface area contributed by atoms with Gasteiger partial charge in [-0.2, -0.15) is 0 Å². The molecular weight excluding hydrogens is 242 g/mol. The van der Waals surface area contributed by atoms with Crippen LogP contribution in [0.15, 0.2) is 35.8 Å². The van der Waals surface area contributed by atoms with E-state index in [1.54, 1.807) is 11.3 Å². The van der Waals surface area contributed by atoms with Gasteiger partial charge in [-0.05, 0) is 29.9 Å². The summed E-state index contributed by atoms with van der Waals surface area (Å²) in [5.41, 5.74) is 5.93. The highest BCUT2D eigenvalue weighted by atomic mass is 32.1. The van der Waals surface area contributed by atoms with Crippen LogP contribution in [0.4, 0.5) is 0 Å². The van der Waals surface area contributed by atoms with E-state index in [4.69, 9.17) is 5.84 Å². The molecule has 0 radical (unpaired) electrons. The van der Waals surface area contributed by atoms with E-state index in [2.05, 4.69) is 34.7 Å². The van der Waals surface area contributed by atoms with Crippen molar-refractivity contribution in [3.8, 4) is 0 Å². The van der Waals surface area contributed by atoms with Crippen LogP contribution in [0.25, 0.3) is 0 Å². The predicted octanol–water partition coefficient (Wildman–Crippen LogP) is 1.93. The van der Waals surface area contributed by atoms with Crippen LogP contribution in [0.3, 0.4) is 0 Å². The fourth-order valence-electron chi connectivity index (χ4n) is 2.78. The molecule has 1 aliphatic rings. The summed E-state index contributed by atoms with van der Waals surface area (Å²) in [7, 11) is 0. The molecule has 0 fully saturated rings. The maximum Gasteiger partial charge on any atom is 0.0940 e. The molecule has 0 saturated heterocycles. The highest BCUT2D eigenvalue weighted by Crippen LogP contribution is 2.29. The number of hydrazine groups is 1. The fourth-order valence-corrected chi connectivity index (χ4v) is 3.46. The van der Waals surface area contributed by atoms with Crippen molar-refractivity contribution in [1.82, 2.24) is 10.4 Å². The summed E-state index contributed by atoms with van der Waals surface area (Å²) in [5.74, 6) is 6.31. The topological polar surface area (TPSA) is 50.9 Å². The molecule has 2 aromatic rings. The summed E-state index contributed by atoms with van der Waals surface area (Å²) in [4.78, 5) is 4.35. The molecule has 18 heavy (non-hydrogen) atoms. The largest absolute Gasteiger partial charge is 0.271 e.